The van der Waals surface area contributed by atoms with Crippen LogP contribution < -0.4 is 10.2 Å². The molecule has 2 unspecified atom stereocenters. The van der Waals surface area contributed by atoms with E-state index < -0.39 is 18.2 Å². The summed E-state index contributed by atoms with van der Waals surface area (Å²) >= 11 is 1.37. The summed E-state index contributed by atoms with van der Waals surface area (Å²) in [7, 11) is 1.66. The number of carbonyl (C=O) groups is 2. The number of thioether (sulfide) groups is 1. The van der Waals surface area contributed by atoms with Crippen LogP contribution in [0.2, 0.25) is 0 Å². The Hall–Kier alpha value is -3.57. The van der Waals surface area contributed by atoms with Crippen LogP contribution in [0.5, 0.6) is 0 Å². The molecule has 10 nitrogen and oxygen atoms in total. The van der Waals surface area contributed by atoms with Crippen molar-refractivity contribution in [1.29, 1.82) is 0 Å². The van der Waals surface area contributed by atoms with Crippen LogP contribution in [0.1, 0.15) is 5.56 Å². The molecule has 3 amide bonds. The van der Waals surface area contributed by atoms with Gasteiger partial charge in [0.05, 0.1) is 24.2 Å². The number of morpholine rings is 1. The Bertz CT molecular complexity index is 1270. The SMILES string of the molecule is CN1C(=O)NC(=O)C2C1N=C(Sc1nc3ccccc3[nH]1)N2Cc1ccc(N2CCOCC2)cc1. The minimum atomic E-state index is -0.608. The normalized spacial score (nSPS) is 22.4. The number of likely N-dealkylation sites (N-methyl/N-ethyl adjacent to an activating group) is 1. The van der Waals surface area contributed by atoms with E-state index in [4.69, 9.17) is 9.73 Å². The second kappa shape index (κ2) is 8.90. The van der Waals surface area contributed by atoms with Crippen molar-refractivity contribution in [2.24, 2.45) is 4.99 Å². The zero-order valence-corrected chi connectivity index (χ0v) is 20.0. The van der Waals surface area contributed by atoms with Crippen molar-refractivity contribution in [3.8, 4) is 0 Å². The number of para-hydroxylation sites is 2. The summed E-state index contributed by atoms with van der Waals surface area (Å²) in [4.78, 5) is 43.7. The number of amidine groups is 1. The van der Waals surface area contributed by atoms with Crippen molar-refractivity contribution in [2.75, 3.05) is 38.3 Å². The molecular formula is C24H25N7O3S. The monoisotopic (exact) mass is 491 g/mol. The van der Waals surface area contributed by atoms with E-state index in [0.29, 0.717) is 16.9 Å². The minimum Gasteiger partial charge on any atom is -0.378 e. The smallest absolute Gasteiger partial charge is 0.325 e. The topological polar surface area (TPSA) is 106 Å². The zero-order chi connectivity index (χ0) is 23.9. The number of aromatic amines is 1. The van der Waals surface area contributed by atoms with Gasteiger partial charge in [-0.15, -0.1) is 0 Å². The summed E-state index contributed by atoms with van der Waals surface area (Å²) in [5, 5.41) is 3.79. The first kappa shape index (κ1) is 21.9. The molecule has 2 saturated heterocycles. The van der Waals surface area contributed by atoms with Crippen LogP contribution in [0.4, 0.5) is 10.5 Å². The number of urea groups is 1. The summed E-state index contributed by atoms with van der Waals surface area (Å²) in [6.45, 7) is 3.70. The first-order valence-corrected chi connectivity index (χ1v) is 12.3. The Morgan fingerprint density at radius 2 is 1.86 bits per heavy atom. The summed E-state index contributed by atoms with van der Waals surface area (Å²) in [5.41, 5.74) is 4.00. The van der Waals surface area contributed by atoms with E-state index in [1.165, 1.54) is 16.7 Å². The van der Waals surface area contributed by atoms with Crippen molar-refractivity contribution in [3.05, 3.63) is 54.1 Å². The number of anilines is 1. The predicted octanol–water partition coefficient (Wildman–Crippen LogP) is 2.24. The van der Waals surface area contributed by atoms with E-state index >= 15 is 0 Å². The number of ether oxygens (including phenoxy) is 1. The van der Waals surface area contributed by atoms with Gasteiger partial charge in [-0.2, -0.15) is 0 Å². The second-order valence-corrected chi connectivity index (χ2v) is 9.69. The molecule has 11 heteroatoms. The third kappa shape index (κ3) is 4.10. The lowest BCUT2D eigenvalue weighted by Gasteiger charge is -2.36. The van der Waals surface area contributed by atoms with E-state index in [2.05, 4.69) is 44.5 Å². The van der Waals surface area contributed by atoms with Gasteiger partial charge in [0.2, 0.25) is 0 Å². The van der Waals surface area contributed by atoms with Crippen molar-refractivity contribution in [3.63, 3.8) is 0 Å². The van der Waals surface area contributed by atoms with E-state index in [1.54, 1.807) is 7.05 Å². The van der Waals surface area contributed by atoms with Gasteiger partial charge in [0.25, 0.3) is 5.91 Å². The number of aliphatic imine (C=N–C) groups is 1. The summed E-state index contributed by atoms with van der Waals surface area (Å²) in [6.07, 6.45) is -0.587. The molecule has 2 fully saturated rings. The number of nitrogens with zero attached hydrogens (tertiary/aromatic N) is 5. The van der Waals surface area contributed by atoms with E-state index in [9.17, 15) is 9.59 Å². The minimum absolute atomic E-state index is 0.341. The van der Waals surface area contributed by atoms with Crippen LogP contribution in [0.15, 0.2) is 58.7 Å². The first-order valence-electron chi connectivity index (χ1n) is 11.5. The quantitative estimate of drug-likeness (QED) is 0.577. The van der Waals surface area contributed by atoms with Gasteiger partial charge in [0.15, 0.2) is 22.5 Å². The Morgan fingerprint density at radius 1 is 1.09 bits per heavy atom. The van der Waals surface area contributed by atoms with Gasteiger partial charge in [-0.3, -0.25) is 10.1 Å². The molecular weight excluding hydrogens is 466 g/mol. The lowest BCUT2D eigenvalue weighted by atomic mass is 10.1. The molecule has 2 N–H and O–H groups in total. The third-order valence-corrected chi connectivity index (χ3v) is 7.45. The Kier molecular flexibility index (Phi) is 5.57. The maximum absolute atomic E-state index is 12.9. The van der Waals surface area contributed by atoms with Gasteiger partial charge < -0.3 is 24.4 Å². The van der Waals surface area contributed by atoms with Crippen LogP contribution in [0, 0.1) is 0 Å². The molecule has 3 aromatic rings. The molecule has 6 rings (SSSR count). The number of rotatable bonds is 4. The fourth-order valence-electron chi connectivity index (χ4n) is 4.65. The van der Waals surface area contributed by atoms with Crippen molar-refractivity contribution in [2.45, 2.75) is 23.9 Å². The van der Waals surface area contributed by atoms with Crippen LogP contribution in [0.25, 0.3) is 11.0 Å². The molecule has 3 aliphatic heterocycles. The number of amides is 3. The highest BCUT2D eigenvalue weighted by Crippen LogP contribution is 2.33. The standard InChI is InChI=1S/C24H25N7O3S/c1-29-20-19(21(32)28-23(29)33)31(14-15-6-8-16(9-7-15)30-10-12-34-13-11-30)24(27-20)35-22-25-17-4-2-3-5-18(17)26-22/h2-9,19-20H,10-14H2,1H3,(H,25,26)(H,28,32,33). The third-order valence-electron chi connectivity index (χ3n) is 6.54. The van der Waals surface area contributed by atoms with Crippen LogP contribution in [-0.4, -0.2) is 82.4 Å². The van der Waals surface area contributed by atoms with Gasteiger partial charge in [-0.1, -0.05) is 24.3 Å². The summed E-state index contributed by atoms with van der Waals surface area (Å²) in [5.74, 6) is -0.341. The molecule has 0 bridgehead atoms. The largest absolute Gasteiger partial charge is 0.378 e. The van der Waals surface area contributed by atoms with Gasteiger partial charge >= 0.3 is 6.03 Å². The predicted molar refractivity (Wildman–Crippen MR) is 133 cm³/mol. The Morgan fingerprint density at radius 3 is 2.63 bits per heavy atom. The van der Waals surface area contributed by atoms with E-state index in [0.717, 1.165) is 48.6 Å². The van der Waals surface area contributed by atoms with Gasteiger partial charge in [-0.25, -0.2) is 14.8 Å². The van der Waals surface area contributed by atoms with E-state index in [1.807, 2.05) is 29.2 Å². The van der Waals surface area contributed by atoms with Crippen molar-refractivity contribution >= 4 is 45.6 Å². The highest BCUT2D eigenvalue weighted by atomic mass is 32.2. The zero-order valence-electron chi connectivity index (χ0n) is 19.2. The van der Waals surface area contributed by atoms with Gasteiger partial charge in [-0.05, 0) is 41.6 Å². The van der Waals surface area contributed by atoms with Gasteiger partial charge in [0.1, 0.15) is 0 Å². The maximum Gasteiger partial charge on any atom is 0.325 e. The van der Waals surface area contributed by atoms with Crippen molar-refractivity contribution < 1.29 is 14.3 Å². The average molecular weight is 492 g/mol. The summed E-state index contributed by atoms with van der Waals surface area (Å²) in [6, 6.07) is 15.1. The molecule has 35 heavy (non-hydrogen) atoms. The van der Waals surface area contributed by atoms with E-state index in [-0.39, 0.29) is 5.91 Å². The summed E-state index contributed by atoms with van der Waals surface area (Å²) < 4.78 is 5.45. The molecule has 2 atom stereocenters. The molecule has 0 radical (unpaired) electrons. The Balaban J connectivity index is 1.28. The Labute approximate surface area is 206 Å². The molecule has 4 heterocycles. The van der Waals surface area contributed by atoms with Crippen LogP contribution in [0.3, 0.4) is 0 Å². The molecule has 0 saturated carbocycles. The lowest BCUT2D eigenvalue weighted by molar-refractivity contribution is -0.127. The fraction of sp³-hybridized carbons (Fsp3) is 0.333. The molecule has 2 aromatic carbocycles. The second-order valence-electron chi connectivity index (χ2n) is 8.73. The number of aromatic nitrogens is 2. The molecule has 0 aliphatic carbocycles. The van der Waals surface area contributed by atoms with Crippen LogP contribution in [-0.2, 0) is 16.1 Å². The number of hydrogen-bond donors (Lipinski definition) is 2. The number of imide groups is 1. The van der Waals surface area contributed by atoms with Gasteiger partial charge in [0, 0.05) is 32.4 Å². The van der Waals surface area contributed by atoms with Crippen LogP contribution >= 0.6 is 11.8 Å². The number of H-pyrrole nitrogens is 1. The first-order chi connectivity index (χ1) is 17.1. The molecule has 180 valence electrons. The number of imidazole rings is 1. The fourth-order valence-corrected chi connectivity index (χ4v) is 5.58. The molecule has 3 aliphatic rings. The number of hydrogen-bond acceptors (Lipinski definition) is 8. The highest BCUT2D eigenvalue weighted by Gasteiger charge is 2.48. The highest BCUT2D eigenvalue weighted by molar-refractivity contribution is 8.13. The molecule has 1 aromatic heterocycles. The number of benzene rings is 2. The number of fused-ring (bicyclic) bond motifs is 2. The average Bonchev–Trinajstić information content (AvgIpc) is 3.45. The lowest BCUT2D eigenvalue weighted by Crippen LogP contribution is -2.63. The number of nitrogens with one attached hydrogen (secondary N) is 2. The maximum atomic E-state index is 12.9. The van der Waals surface area contributed by atoms with Crippen molar-refractivity contribution in [1.82, 2.24) is 25.1 Å². The number of carbonyl (C=O) groups excluding carboxylic acids is 2. The molecule has 0 spiro atoms.